The molecule has 2 heteroatoms. The van der Waals surface area contributed by atoms with Crippen LogP contribution >= 0.6 is 0 Å². The summed E-state index contributed by atoms with van der Waals surface area (Å²) in [4.78, 5) is 0. The van der Waals surface area contributed by atoms with Crippen LogP contribution in [0.1, 0.15) is 19.8 Å². The van der Waals surface area contributed by atoms with Crippen molar-refractivity contribution in [2.45, 2.75) is 30.9 Å². The molecule has 0 aliphatic rings. The van der Waals surface area contributed by atoms with Gasteiger partial charge in [0, 0.05) is 0 Å². The first kappa shape index (κ1) is 7.32. The Balaban J connectivity index is 2.82. The van der Waals surface area contributed by atoms with Gasteiger partial charge in [-0.1, -0.05) is 0 Å². The molecule has 0 aromatic rings. The maximum absolute atomic E-state index is 10.4. The Morgan fingerprint density at radius 1 is 1.57 bits per heavy atom. The molecule has 0 radical (unpaired) electrons. The summed E-state index contributed by atoms with van der Waals surface area (Å²) < 4.78 is 10.4. The Kier molecular flexibility index (Phi) is 4.68. The van der Waals surface area contributed by atoms with Gasteiger partial charge in [0.1, 0.15) is 0 Å². The van der Waals surface area contributed by atoms with E-state index in [1.807, 2.05) is 5.82 Å². The van der Waals surface area contributed by atoms with Gasteiger partial charge in [0.2, 0.25) is 0 Å². The molecule has 0 spiro atoms. The molecule has 44 valence electrons. The van der Waals surface area contributed by atoms with Crippen LogP contribution in [-0.4, -0.2) is 13.8 Å². The van der Waals surface area contributed by atoms with E-state index in [0.717, 1.165) is 11.7 Å². The van der Waals surface area contributed by atoms with Crippen LogP contribution in [0.25, 0.3) is 0 Å². The normalized spacial score (nSPS) is 14.0. The molecule has 7 heavy (non-hydrogen) atoms. The van der Waals surface area contributed by atoms with Gasteiger partial charge in [-0.15, -0.1) is 0 Å². The molecule has 0 saturated heterocycles. The zero-order valence-electron chi connectivity index (χ0n) is 4.94. The second kappa shape index (κ2) is 4.48. The molecule has 1 unspecified atom stereocenters. The van der Waals surface area contributed by atoms with Crippen molar-refractivity contribution < 1.29 is 3.83 Å². The molecule has 0 bridgehead atoms. The Morgan fingerprint density at radius 2 is 2.14 bits per heavy atom. The van der Waals surface area contributed by atoms with Crippen LogP contribution in [0.2, 0.25) is 11.1 Å². The van der Waals surface area contributed by atoms with Crippen molar-refractivity contribution in [3.05, 3.63) is 0 Å². The maximum atomic E-state index is 10.4. The molecule has 0 aromatic carbocycles. The quantitative estimate of drug-likeness (QED) is 0.586. The Bertz CT molecular complexity index is 61.1. The summed E-state index contributed by atoms with van der Waals surface area (Å²) >= 11 is -1.33. The van der Waals surface area contributed by atoms with Gasteiger partial charge < -0.3 is 0 Å². The summed E-state index contributed by atoms with van der Waals surface area (Å²) in [6, 6.07) is 0. The molecular formula is C5H12OSe. The van der Waals surface area contributed by atoms with E-state index in [1.54, 1.807) is 0 Å². The van der Waals surface area contributed by atoms with E-state index in [9.17, 15) is 3.83 Å². The first-order valence-corrected chi connectivity index (χ1v) is 6.19. The zero-order valence-corrected chi connectivity index (χ0v) is 6.65. The molecule has 0 aliphatic carbocycles. The topological polar surface area (TPSA) is 17.1 Å². The third-order valence-corrected chi connectivity index (χ3v) is 2.60. The van der Waals surface area contributed by atoms with E-state index in [0.29, 0.717) is 0 Å². The fraction of sp³-hybridized carbons (Fsp3) is 1.00. The fourth-order valence-electron chi connectivity index (χ4n) is 0.348. The van der Waals surface area contributed by atoms with Crippen LogP contribution in [0.5, 0.6) is 0 Å². The van der Waals surface area contributed by atoms with Crippen molar-refractivity contribution in [2.24, 2.45) is 0 Å². The van der Waals surface area contributed by atoms with Crippen molar-refractivity contribution >= 4 is 13.8 Å². The average Bonchev–Trinajstić information content (AvgIpc) is 1.61. The van der Waals surface area contributed by atoms with Crippen molar-refractivity contribution in [1.82, 2.24) is 0 Å². The van der Waals surface area contributed by atoms with Crippen LogP contribution < -0.4 is 0 Å². The monoisotopic (exact) mass is 168 g/mol. The predicted octanol–water partition coefficient (Wildman–Crippen LogP) is 1.84. The van der Waals surface area contributed by atoms with Crippen LogP contribution in [-0.2, 0) is 3.83 Å². The van der Waals surface area contributed by atoms with E-state index in [4.69, 9.17) is 0 Å². The van der Waals surface area contributed by atoms with E-state index < -0.39 is 13.8 Å². The van der Waals surface area contributed by atoms with Gasteiger partial charge >= 0.3 is 48.6 Å². The fourth-order valence-corrected chi connectivity index (χ4v) is 1.81. The number of hydrogen-bond acceptors (Lipinski definition) is 1. The third kappa shape index (κ3) is 6.32. The molecule has 0 rings (SSSR count). The summed E-state index contributed by atoms with van der Waals surface area (Å²) in [5, 5.41) is 0.969. The number of unbranched alkanes of at least 4 members (excludes halogenated alkanes) is 1. The summed E-state index contributed by atoms with van der Waals surface area (Å²) in [5.41, 5.74) is 0. The standard InChI is InChI=1S/C5H12OSe/c1-3-4-5-7(2)6/h3-5H2,1-2H3. The van der Waals surface area contributed by atoms with Crippen LogP contribution in [0, 0.1) is 0 Å². The van der Waals surface area contributed by atoms with Crippen LogP contribution in [0.3, 0.4) is 0 Å². The van der Waals surface area contributed by atoms with E-state index in [2.05, 4.69) is 6.92 Å². The molecule has 1 nitrogen and oxygen atoms in total. The number of rotatable bonds is 3. The van der Waals surface area contributed by atoms with Crippen molar-refractivity contribution in [3.8, 4) is 0 Å². The minimum atomic E-state index is -1.33. The molecule has 1 atom stereocenters. The van der Waals surface area contributed by atoms with Crippen LogP contribution in [0.15, 0.2) is 0 Å². The first-order valence-electron chi connectivity index (χ1n) is 2.57. The predicted molar refractivity (Wildman–Crippen MR) is 32.0 cm³/mol. The van der Waals surface area contributed by atoms with Crippen molar-refractivity contribution in [1.29, 1.82) is 0 Å². The zero-order chi connectivity index (χ0) is 5.70. The second-order valence-corrected chi connectivity index (χ2v) is 4.89. The first-order chi connectivity index (χ1) is 3.27. The SMILES string of the molecule is CCCC[Se](C)=O. The van der Waals surface area contributed by atoms with Gasteiger partial charge in [-0.3, -0.25) is 0 Å². The van der Waals surface area contributed by atoms with Crippen molar-refractivity contribution in [3.63, 3.8) is 0 Å². The Hall–Kier alpha value is 0.319. The molecule has 0 saturated carbocycles. The molecule has 0 fully saturated rings. The summed E-state index contributed by atoms with van der Waals surface area (Å²) in [5.74, 6) is 1.84. The second-order valence-electron chi connectivity index (χ2n) is 1.63. The molecule has 0 N–H and O–H groups in total. The minimum absolute atomic E-state index is 0.969. The molecule has 0 aliphatic heterocycles. The van der Waals surface area contributed by atoms with E-state index in [1.165, 1.54) is 6.42 Å². The molecule has 0 amide bonds. The Labute approximate surface area is 49.2 Å². The van der Waals surface area contributed by atoms with Crippen LogP contribution in [0.4, 0.5) is 0 Å². The summed E-state index contributed by atoms with van der Waals surface area (Å²) in [6.07, 6.45) is 2.32. The Morgan fingerprint density at radius 3 is 2.29 bits per heavy atom. The van der Waals surface area contributed by atoms with Gasteiger partial charge in [0.15, 0.2) is 0 Å². The van der Waals surface area contributed by atoms with Gasteiger partial charge in [0.25, 0.3) is 0 Å². The molecular weight excluding hydrogens is 155 g/mol. The van der Waals surface area contributed by atoms with Crippen molar-refractivity contribution in [2.75, 3.05) is 0 Å². The number of hydrogen-bond donors (Lipinski definition) is 0. The average molecular weight is 167 g/mol. The van der Waals surface area contributed by atoms with Gasteiger partial charge in [-0.05, 0) is 0 Å². The van der Waals surface area contributed by atoms with E-state index in [-0.39, 0.29) is 0 Å². The van der Waals surface area contributed by atoms with Gasteiger partial charge in [-0.2, -0.15) is 0 Å². The molecule has 0 heterocycles. The van der Waals surface area contributed by atoms with Gasteiger partial charge in [-0.25, -0.2) is 0 Å². The van der Waals surface area contributed by atoms with Gasteiger partial charge in [0.05, 0.1) is 0 Å². The summed E-state index contributed by atoms with van der Waals surface area (Å²) in [6.45, 7) is 2.12. The van der Waals surface area contributed by atoms with E-state index >= 15 is 0 Å². The molecule has 0 aromatic heterocycles. The summed E-state index contributed by atoms with van der Waals surface area (Å²) in [7, 11) is 0. The third-order valence-electron chi connectivity index (χ3n) is 0.785.